The summed E-state index contributed by atoms with van der Waals surface area (Å²) < 4.78 is 43.5. The SMILES string of the molecule is FC(F)(F)c1ccc(Oc2cc(-c3ccc4cccnc4c3)ncn2)cc1. The molecular weight excluding hydrogens is 355 g/mol. The lowest BCUT2D eigenvalue weighted by atomic mass is 10.1. The third-order valence-electron chi connectivity index (χ3n) is 3.95. The summed E-state index contributed by atoms with van der Waals surface area (Å²) in [6.45, 7) is 0. The van der Waals surface area contributed by atoms with Gasteiger partial charge < -0.3 is 4.74 Å². The second kappa shape index (κ2) is 6.68. The van der Waals surface area contributed by atoms with Crippen LogP contribution in [0.3, 0.4) is 0 Å². The second-order valence-corrected chi connectivity index (χ2v) is 5.78. The summed E-state index contributed by atoms with van der Waals surface area (Å²) in [7, 11) is 0. The van der Waals surface area contributed by atoms with Gasteiger partial charge in [0, 0.05) is 23.2 Å². The molecule has 0 N–H and O–H groups in total. The van der Waals surface area contributed by atoms with Crippen molar-refractivity contribution < 1.29 is 17.9 Å². The fourth-order valence-corrected chi connectivity index (χ4v) is 2.61. The molecule has 7 heteroatoms. The third kappa shape index (κ3) is 3.72. The van der Waals surface area contributed by atoms with Gasteiger partial charge in [-0.15, -0.1) is 0 Å². The predicted octanol–water partition coefficient (Wildman–Crippen LogP) is 5.50. The molecule has 0 saturated carbocycles. The predicted molar refractivity (Wildman–Crippen MR) is 94.3 cm³/mol. The molecule has 0 aliphatic heterocycles. The first-order valence-corrected chi connectivity index (χ1v) is 8.01. The summed E-state index contributed by atoms with van der Waals surface area (Å²) in [6.07, 6.45) is -1.33. The van der Waals surface area contributed by atoms with Crippen LogP contribution in [0.15, 0.2) is 73.2 Å². The normalized spacial score (nSPS) is 11.5. The Bertz CT molecular complexity index is 1100. The third-order valence-corrected chi connectivity index (χ3v) is 3.95. The molecule has 2 heterocycles. The minimum Gasteiger partial charge on any atom is -0.439 e. The molecule has 27 heavy (non-hydrogen) atoms. The Morgan fingerprint density at radius 1 is 0.815 bits per heavy atom. The van der Waals surface area contributed by atoms with Crippen LogP contribution in [0.5, 0.6) is 11.6 Å². The number of nitrogens with zero attached hydrogens (tertiary/aromatic N) is 3. The lowest BCUT2D eigenvalue weighted by Crippen LogP contribution is -2.04. The van der Waals surface area contributed by atoms with Gasteiger partial charge in [0.2, 0.25) is 5.88 Å². The second-order valence-electron chi connectivity index (χ2n) is 5.78. The number of hydrogen-bond donors (Lipinski definition) is 0. The molecule has 4 rings (SSSR count). The summed E-state index contributed by atoms with van der Waals surface area (Å²) in [6, 6.07) is 15.6. The van der Waals surface area contributed by atoms with Crippen LogP contribution < -0.4 is 4.74 Å². The van der Waals surface area contributed by atoms with Crippen molar-refractivity contribution >= 4 is 10.9 Å². The van der Waals surface area contributed by atoms with E-state index in [1.807, 2.05) is 30.3 Å². The topological polar surface area (TPSA) is 47.9 Å². The number of pyridine rings is 1. The highest BCUT2D eigenvalue weighted by atomic mass is 19.4. The fourth-order valence-electron chi connectivity index (χ4n) is 2.61. The lowest BCUT2D eigenvalue weighted by Gasteiger charge is -2.09. The number of halogens is 3. The molecule has 134 valence electrons. The molecule has 0 aliphatic carbocycles. The minimum atomic E-state index is -4.38. The first-order chi connectivity index (χ1) is 13.0. The molecule has 0 fully saturated rings. The van der Waals surface area contributed by atoms with Crippen LogP contribution in [0.2, 0.25) is 0 Å². The molecule has 0 bridgehead atoms. The molecule has 2 aromatic carbocycles. The number of hydrogen-bond acceptors (Lipinski definition) is 4. The Morgan fingerprint density at radius 3 is 2.41 bits per heavy atom. The summed E-state index contributed by atoms with van der Waals surface area (Å²) in [5, 5.41) is 1.01. The molecule has 4 aromatic rings. The van der Waals surface area contributed by atoms with Crippen LogP contribution in [0, 0.1) is 0 Å². The van der Waals surface area contributed by atoms with Gasteiger partial charge in [-0.25, -0.2) is 9.97 Å². The summed E-state index contributed by atoms with van der Waals surface area (Å²) in [5.74, 6) is 0.494. The van der Waals surface area contributed by atoms with Crippen molar-refractivity contribution in [1.29, 1.82) is 0 Å². The zero-order chi connectivity index (χ0) is 18.9. The highest BCUT2D eigenvalue weighted by Crippen LogP contribution is 2.31. The molecule has 0 aliphatic rings. The number of ether oxygens (including phenoxy) is 1. The molecule has 0 radical (unpaired) electrons. The Morgan fingerprint density at radius 2 is 1.63 bits per heavy atom. The van der Waals surface area contributed by atoms with E-state index in [1.54, 1.807) is 12.3 Å². The maximum absolute atomic E-state index is 12.6. The van der Waals surface area contributed by atoms with E-state index in [9.17, 15) is 13.2 Å². The van der Waals surface area contributed by atoms with E-state index in [-0.39, 0.29) is 11.6 Å². The molecule has 4 nitrogen and oxygen atoms in total. The number of rotatable bonds is 3. The molecule has 0 unspecified atom stereocenters. The van der Waals surface area contributed by atoms with E-state index < -0.39 is 11.7 Å². The van der Waals surface area contributed by atoms with Crippen molar-refractivity contribution in [2.75, 3.05) is 0 Å². The zero-order valence-corrected chi connectivity index (χ0v) is 13.8. The Hall–Kier alpha value is -3.48. The quantitative estimate of drug-likeness (QED) is 0.479. The van der Waals surface area contributed by atoms with Crippen LogP contribution in [-0.4, -0.2) is 15.0 Å². The molecule has 2 aromatic heterocycles. The van der Waals surface area contributed by atoms with Crippen LogP contribution in [0.4, 0.5) is 13.2 Å². The van der Waals surface area contributed by atoms with Crippen molar-refractivity contribution in [1.82, 2.24) is 15.0 Å². The van der Waals surface area contributed by atoms with E-state index in [2.05, 4.69) is 15.0 Å². The maximum Gasteiger partial charge on any atom is 0.416 e. The van der Waals surface area contributed by atoms with Crippen molar-refractivity contribution in [2.45, 2.75) is 6.18 Å². The average Bonchev–Trinajstić information content (AvgIpc) is 2.67. The van der Waals surface area contributed by atoms with Gasteiger partial charge in [0.25, 0.3) is 0 Å². The first kappa shape index (κ1) is 17.0. The highest BCUT2D eigenvalue weighted by molar-refractivity contribution is 5.83. The summed E-state index contributed by atoms with van der Waals surface area (Å²) >= 11 is 0. The van der Waals surface area contributed by atoms with E-state index >= 15 is 0 Å². The molecular formula is C20H12F3N3O. The van der Waals surface area contributed by atoms with Gasteiger partial charge in [0.15, 0.2) is 0 Å². The molecule has 0 spiro atoms. The van der Waals surface area contributed by atoms with Gasteiger partial charge in [0.1, 0.15) is 12.1 Å². The smallest absolute Gasteiger partial charge is 0.416 e. The van der Waals surface area contributed by atoms with Gasteiger partial charge in [-0.3, -0.25) is 4.98 Å². The van der Waals surface area contributed by atoms with E-state index in [4.69, 9.17) is 4.74 Å². The van der Waals surface area contributed by atoms with Crippen LogP contribution in [0.25, 0.3) is 22.2 Å². The highest BCUT2D eigenvalue weighted by Gasteiger charge is 2.30. The number of aromatic nitrogens is 3. The van der Waals surface area contributed by atoms with Gasteiger partial charge >= 0.3 is 6.18 Å². The minimum absolute atomic E-state index is 0.237. The zero-order valence-electron chi connectivity index (χ0n) is 13.8. The Labute approximate surface area is 152 Å². The Kier molecular flexibility index (Phi) is 4.19. The molecule has 0 saturated heterocycles. The van der Waals surface area contributed by atoms with E-state index in [0.717, 1.165) is 28.6 Å². The Balaban J connectivity index is 1.60. The largest absolute Gasteiger partial charge is 0.439 e. The summed E-state index contributed by atoms with van der Waals surface area (Å²) in [4.78, 5) is 12.6. The monoisotopic (exact) mass is 367 g/mol. The fraction of sp³-hybridized carbons (Fsp3) is 0.0500. The maximum atomic E-state index is 12.6. The van der Waals surface area contributed by atoms with Crippen molar-refractivity contribution in [3.05, 3.63) is 78.8 Å². The van der Waals surface area contributed by atoms with Gasteiger partial charge in [-0.1, -0.05) is 18.2 Å². The average molecular weight is 367 g/mol. The first-order valence-electron chi connectivity index (χ1n) is 8.01. The van der Waals surface area contributed by atoms with Gasteiger partial charge in [-0.05, 0) is 36.4 Å². The van der Waals surface area contributed by atoms with Crippen molar-refractivity contribution in [3.8, 4) is 22.9 Å². The van der Waals surface area contributed by atoms with Gasteiger partial charge in [0.05, 0.1) is 16.8 Å². The number of fused-ring (bicyclic) bond motifs is 1. The molecule has 0 amide bonds. The summed E-state index contributed by atoms with van der Waals surface area (Å²) in [5.41, 5.74) is 1.56. The van der Waals surface area contributed by atoms with E-state index in [1.165, 1.54) is 18.5 Å². The lowest BCUT2D eigenvalue weighted by molar-refractivity contribution is -0.137. The van der Waals surface area contributed by atoms with Crippen molar-refractivity contribution in [2.24, 2.45) is 0 Å². The van der Waals surface area contributed by atoms with Crippen LogP contribution in [0.1, 0.15) is 5.56 Å². The van der Waals surface area contributed by atoms with E-state index in [0.29, 0.717) is 5.69 Å². The number of alkyl halides is 3. The van der Waals surface area contributed by atoms with Crippen molar-refractivity contribution in [3.63, 3.8) is 0 Å². The van der Waals surface area contributed by atoms with Gasteiger partial charge in [-0.2, -0.15) is 13.2 Å². The standard InChI is InChI=1S/C20H12F3N3O/c21-20(22,23)15-5-7-16(8-6-15)27-19-11-18(25-12-26-19)14-4-3-13-2-1-9-24-17(13)10-14/h1-12H. The van der Waals surface area contributed by atoms with Crippen LogP contribution in [-0.2, 0) is 6.18 Å². The van der Waals surface area contributed by atoms with Crippen LogP contribution >= 0.6 is 0 Å². The number of benzene rings is 2. The molecule has 0 atom stereocenters.